The molecular weight excluding hydrogens is 224 g/mol. The molecule has 2 aliphatic rings. The third-order valence-electron chi connectivity index (χ3n) is 4.49. The zero-order valence-corrected chi connectivity index (χ0v) is 12.2. The fraction of sp³-hybridized carbons (Fsp3) is 1.00. The van der Waals surface area contributed by atoms with Crippen LogP contribution in [0.3, 0.4) is 0 Å². The van der Waals surface area contributed by atoms with Crippen molar-refractivity contribution in [3.63, 3.8) is 0 Å². The summed E-state index contributed by atoms with van der Waals surface area (Å²) < 4.78 is 5.26. The number of hydrogen-bond acceptors (Lipinski definition) is 3. The van der Waals surface area contributed by atoms with Gasteiger partial charge in [-0.2, -0.15) is 0 Å². The summed E-state index contributed by atoms with van der Waals surface area (Å²) in [7, 11) is 1.81. The van der Waals surface area contributed by atoms with Gasteiger partial charge in [0.2, 0.25) is 0 Å². The third-order valence-corrected chi connectivity index (χ3v) is 4.49. The summed E-state index contributed by atoms with van der Waals surface area (Å²) in [5, 5.41) is 3.70. The van der Waals surface area contributed by atoms with Crippen LogP contribution < -0.4 is 5.32 Å². The Morgan fingerprint density at radius 2 is 1.94 bits per heavy atom. The summed E-state index contributed by atoms with van der Waals surface area (Å²) in [6.07, 6.45) is 8.44. The second-order valence-electron chi connectivity index (χ2n) is 5.93. The van der Waals surface area contributed by atoms with Gasteiger partial charge in [0.1, 0.15) is 0 Å². The van der Waals surface area contributed by atoms with E-state index in [9.17, 15) is 0 Å². The lowest BCUT2D eigenvalue weighted by Gasteiger charge is -2.36. The summed E-state index contributed by atoms with van der Waals surface area (Å²) >= 11 is 0. The van der Waals surface area contributed by atoms with E-state index in [0.717, 1.165) is 37.7 Å². The molecule has 0 aliphatic heterocycles. The number of methoxy groups -OCH3 is 1. The van der Waals surface area contributed by atoms with Crippen LogP contribution in [0.15, 0.2) is 0 Å². The summed E-state index contributed by atoms with van der Waals surface area (Å²) in [4.78, 5) is 2.68. The van der Waals surface area contributed by atoms with Crippen molar-refractivity contribution in [1.29, 1.82) is 0 Å². The molecule has 2 atom stereocenters. The molecule has 0 bridgehead atoms. The maximum atomic E-state index is 5.26. The van der Waals surface area contributed by atoms with Gasteiger partial charge < -0.3 is 10.1 Å². The molecule has 1 N–H and O–H groups in total. The molecule has 3 heteroatoms. The predicted molar refractivity (Wildman–Crippen MR) is 75.9 cm³/mol. The standard InChI is InChI=1S/C15H30N2O/c1-3-16-15-7-5-4-6-13(15)12-17(10-11-18-2)14-8-9-14/h13-16H,3-12H2,1-2H3. The fourth-order valence-corrected chi connectivity index (χ4v) is 3.33. The number of nitrogens with zero attached hydrogens (tertiary/aromatic N) is 1. The van der Waals surface area contributed by atoms with E-state index >= 15 is 0 Å². The molecule has 0 heterocycles. The van der Waals surface area contributed by atoms with Crippen molar-refractivity contribution in [2.75, 3.05) is 33.4 Å². The van der Waals surface area contributed by atoms with Crippen LogP contribution in [0.1, 0.15) is 45.4 Å². The average molecular weight is 254 g/mol. The van der Waals surface area contributed by atoms with Crippen LogP contribution in [0, 0.1) is 5.92 Å². The second-order valence-corrected chi connectivity index (χ2v) is 5.93. The van der Waals surface area contributed by atoms with Crippen LogP contribution in [0.5, 0.6) is 0 Å². The largest absolute Gasteiger partial charge is 0.383 e. The molecule has 106 valence electrons. The molecule has 18 heavy (non-hydrogen) atoms. The normalized spacial score (nSPS) is 28.8. The number of hydrogen-bond donors (Lipinski definition) is 1. The van der Waals surface area contributed by atoms with E-state index < -0.39 is 0 Å². The Labute approximate surface area is 112 Å². The SMILES string of the molecule is CCNC1CCCCC1CN(CCOC)C1CC1. The van der Waals surface area contributed by atoms with Gasteiger partial charge >= 0.3 is 0 Å². The lowest BCUT2D eigenvalue weighted by Crippen LogP contribution is -2.45. The van der Waals surface area contributed by atoms with Crippen molar-refractivity contribution in [2.45, 2.75) is 57.5 Å². The van der Waals surface area contributed by atoms with Gasteiger partial charge in [0.25, 0.3) is 0 Å². The minimum Gasteiger partial charge on any atom is -0.383 e. The smallest absolute Gasteiger partial charge is 0.0589 e. The molecule has 2 saturated carbocycles. The minimum absolute atomic E-state index is 0.757. The first-order chi connectivity index (χ1) is 8.85. The molecular formula is C15H30N2O. The van der Waals surface area contributed by atoms with E-state index in [0.29, 0.717) is 0 Å². The van der Waals surface area contributed by atoms with Gasteiger partial charge in [-0.05, 0) is 38.1 Å². The number of rotatable bonds is 8. The quantitative estimate of drug-likeness (QED) is 0.719. The molecule has 0 aromatic carbocycles. The molecule has 0 aromatic rings. The Kier molecular flexibility index (Phi) is 5.93. The highest BCUT2D eigenvalue weighted by molar-refractivity contribution is 4.89. The van der Waals surface area contributed by atoms with E-state index in [-0.39, 0.29) is 0 Å². The van der Waals surface area contributed by atoms with Gasteiger partial charge in [-0.25, -0.2) is 0 Å². The monoisotopic (exact) mass is 254 g/mol. The lowest BCUT2D eigenvalue weighted by atomic mass is 9.84. The fourth-order valence-electron chi connectivity index (χ4n) is 3.33. The Morgan fingerprint density at radius 1 is 1.17 bits per heavy atom. The van der Waals surface area contributed by atoms with Crippen LogP contribution in [0.25, 0.3) is 0 Å². The highest BCUT2D eigenvalue weighted by Crippen LogP contribution is 2.31. The van der Waals surface area contributed by atoms with E-state index in [1.54, 1.807) is 0 Å². The Bertz CT molecular complexity index is 229. The van der Waals surface area contributed by atoms with Crippen molar-refractivity contribution in [2.24, 2.45) is 5.92 Å². The summed E-state index contributed by atoms with van der Waals surface area (Å²) in [5.74, 6) is 0.858. The Balaban J connectivity index is 1.82. The summed E-state index contributed by atoms with van der Waals surface area (Å²) in [5.41, 5.74) is 0. The highest BCUT2D eigenvalue weighted by Gasteiger charge is 2.33. The maximum Gasteiger partial charge on any atom is 0.0589 e. The van der Waals surface area contributed by atoms with E-state index in [2.05, 4.69) is 17.1 Å². The molecule has 0 radical (unpaired) electrons. The van der Waals surface area contributed by atoms with Crippen LogP contribution in [-0.4, -0.2) is 50.3 Å². The summed E-state index contributed by atoms with van der Waals surface area (Å²) in [6, 6.07) is 1.62. The molecule has 2 unspecified atom stereocenters. The van der Waals surface area contributed by atoms with Gasteiger partial charge in [-0.3, -0.25) is 4.90 Å². The van der Waals surface area contributed by atoms with Crippen LogP contribution in [0.4, 0.5) is 0 Å². The van der Waals surface area contributed by atoms with Crippen molar-refractivity contribution >= 4 is 0 Å². The molecule has 0 spiro atoms. The topological polar surface area (TPSA) is 24.5 Å². The minimum atomic E-state index is 0.757. The van der Waals surface area contributed by atoms with Gasteiger partial charge in [0, 0.05) is 32.3 Å². The zero-order valence-electron chi connectivity index (χ0n) is 12.2. The molecule has 0 aromatic heterocycles. The van der Waals surface area contributed by atoms with E-state index in [1.807, 2.05) is 7.11 Å². The lowest BCUT2D eigenvalue weighted by molar-refractivity contribution is 0.114. The van der Waals surface area contributed by atoms with Crippen molar-refractivity contribution in [3.8, 4) is 0 Å². The van der Waals surface area contributed by atoms with E-state index in [4.69, 9.17) is 4.74 Å². The second kappa shape index (κ2) is 7.46. The van der Waals surface area contributed by atoms with E-state index in [1.165, 1.54) is 45.1 Å². The Morgan fingerprint density at radius 3 is 2.61 bits per heavy atom. The molecule has 0 saturated heterocycles. The van der Waals surface area contributed by atoms with Crippen molar-refractivity contribution in [1.82, 2.24) is 10.2 Å². The molecule has 2 aliphatic carbocycles. The predicted octanol–water partition coefficient (Wildman–Crippen LogP) is 2.27. The molecule has 2 fully saturated rings. The molecule has 0 amide bonds. The molecule has 3 nitrogen and oxygen atoms in total. The average Bonchev–Trinajstić information content (AvgIpc) is 3.21. The summed E-state index contributed by atoms with van der Waals surface area (Å²) in [6.45, 7) is 6.63. The zero-order chi connectivity index (χ0) is 12.8. The first-order valence-corrected chi connectivity index (χ1v) is 7.81. The van der Waals surface area contributed by atoms with Crippen LogP contribution in [0.2, 0.25) is 0 Å². The third kappa shape index (κ3) is 4.22. The van der Waals surface area contributed by atoms with Crippen LogP contribution >= 0.6 is 0 Å². The number of nitrogens with one attached hydrogen (secondary N) is 1. The maximum absolute atomic E-state index is 5.26. The Hall–Kier alpha value is -0.120. The first-order valence-electron chi connectivity index (χ1n) is 7.81. The van der Waals surface area contributed by atoms with Crippen molar-refractivity contribution in [3.05, 3.63) is 0 Å². The molecule has 2 rings (SSSR count). The van der Waals surface area contributed by atoms with Crippen LogP contribution in [-0.2, 0) is 4.74 Å². The van der Waals surface area contributed by atoms with Gasteiger partial charge in [-0.15, -0.1) is 0 Å². The number of ether oxygens (including phenoxy) is 1. The van der Waals surface area contributed by atoms with Gasteiger partial charge in [0.05, 0.1) is 6.61 Å². The van der Waals surface area contributed by atoms with Crippen molar-refractivity contribution < 1.29 is 4.74 Å². The van der Waals surface area contributed by atoms with Gasteiger partial charge in [0.15, 0.2) is 0 Å². The highest BCUT2D eigenvalue weighted by atomic mass is 16.5. The van der Waals surface area contributed by atoms with Gasteiger partial charge in [-0.1, -0.05) is 19.8 Å². The first kappa shape index (κ1) is 14.3.